The van der Waals surface area contributed by atoms with E-state index in [0.717, 1.165) is 27.4 Å². The van der Waals surface area contributed by atoms with Gasteiger partial charge in [-0.15, -0.1) is 11.3 Å². The minimum atomic E-state index is -3.63. The summed E-state index contributed by atoms with van der Waals surface area (Å²) in [6.07, 6.45) is 0.614. The number of sulfonamides is 1. The smallest absolute Gasteiger partial charge is 0.251 e. The van der Waals surface area contributed by atoms with Crippen LogP contribution in [-0.4, -0.2) is 20.5 Å². The van der Waals surface area contributed by atoms with Crippen molar-refractivity contribution >= 4 is 21.4 Å². The van der Waals surface area contributed by atoms with E-state index in [0.29, 0.717) is 12.0 Å². The molecule has 0 saturated carbocycles. The number of aromatic nitrogens is 1. The number of benzene rings is 1. The lowest BCUT2D eigenvalue weighted by Gasteiger charge is -2.07. The van der Waals surface area contributed by atoms with Gasteiger partial charge in [0.2, 0.25) is 10.0 Å². The van der Waals surface area contributed by atoms with Gasteiger partial charge in [0.25, 0.3) is 5.56 Å². The normalized spacial score (nSPS) is 11.5. The van der Waals surface area contributed by atoms with Crippen LogP contribution in [0.25, 0.3) is 10.4 Å². The Labute approximate surface area is 168 Å². The van der Waals surface area contributed by atoms with Crippen LogP contribution < -0.4 is 15.0 Å². The molecule has 2 aromatic heterocycles. The van der Waals surface area contributed by atoms with Gasteiger partial charge in [0.1, 0.15) is 9.96 Å². The molecule has 0 aliphatic heterocycles. The van der Waals surface area contributed by atoms with E-state index < -0.39 is 10.0 Å². The Morgan fingerprint density at radius 3 is 2.50 bits per heavy atom. The zero-order chi connectivity index (χ0) is 20.3. The molecule has 0 aliphatic rings. The average Bonchev–Trinajstić information content (AvgIpc) is 3.18. The molecule has 0 aliphatic carbocycles. The molecule has 2 N–H and O–H groups in total. The highest BCUT2D eigenvalue weighted by atomic mass is 32.2. The van der Waals surface area contributed by atoms with Gasteiger partial charge in [0.05, 0.1) is 7.11 Å². The second-order valence-electron chi connectivity index (χ2n) is 6.31. The Morgan fingerprint density at radius 1 is 1.14 bits per heavy atom. The van der Waals surface area contributed by atoms with Crippen LogP contribution in [0.15, 0.2) is 51.5 Å². The zero-order valence-electron chi connectivity index (χ0n) is 15.9. The van der Waals surface area contributed by atoms with Gasteiger partial charge in [-0.25, -0.2) is 13.1 Å². The molecule has 2 heterocycles. The van der Waals surface area contributed by atoms with Crippen LogP contribution in [0.3, 0.4) is 0 Å². The molecule has 1 aromatic carbocycles. The molecule has 8 heteroatoms. The van der Waals surface area contributed by atoms with E-state index >= 15 is 0 Å². The molecular formula is C20H22N2O4S2. The number of pyridine rings is 1. The van der Waals surface area contributed by atoms with Gasteiger partial charge in [-0.3, -0.25) is 4.79 Å². The van der Waals surface area contributed by atoms with E-state index in [4.69, 9.17) is 4.74 Å². The summed E-state index contributed by atoms with van der Waals surface area (Å²) >= 11 is 1.18. The molecule has 0 amide bonds. The third kappa shape index (κ3) is 4.35. The van der Waals surface area contributed by atoms with Gasteiger partial charge < -0.3 is 9.72 Å². The quantitative estimate of drug-likeness (QED) is 0.615. The van der Waals surface area contributed by atoms with E-state index in [2.05, 4.69) is 9.71 Å². The van der Waals surface area contributed by atoms with E-state index in [1.165, 1.54) is 11.3 Å². The van der Waals surface area contributed by atoms with Crippen LogP contribution in [-0.2, 0) is 23.0 Å². The van der Waals surface area contributed by atoms with E-state index in [1.54, 1.807) is 31.4 Å². The Balaban J connectivity index is 1.81. The van der Waals surface area contributed by atoms with Crippen LogP contribution in [0, 0.1) is 6.92 Å². The van der Waals surface area contributed by atoms with Gasteiger partial charge in [-0.05, 0) is 49.2 Å². The highest BCUT2D eigenvalue weighted by molar-refractivity contribution is 7.91. The van der Waals surface area contributed by atoms with Crippen molar-refractivity contribution in [3.8, 4) is 16.2 Å². The summed E-state index contributed by atoms with van der Waals surface area (Å²) in [7, 11) is -2.05. The van der Waals surface area contributed by atoms with E-state index in [-0.39, 0.29) is 16.3 Å². The third-order valence-electron chi connectivity index (χ3n) is 4.43. The molecule has 0 radical (unpaired) electrons. The van der Waals surface area contributed by atoms with Crippen molar-refractivity contribution in [1.29, 1.82) is 0 Å². The van der Waals surface area contributed by atoms with Gasteiger partial charge in [0, 0.05) is 28.2 Å². The highest BCUT2D eigenvalue weighted by Gasteiger charge is 2.18. The molecule has 6 nitrogen and oxygen atoms in total. The van der Waals surface area contributed by atoms with Gasteiger partial charge in [-0.2, -0.15) is 0 Å². The summed E-state index contributed by atoms with van der Waals surface area (Å²) in [6.45, 7) is 3.92. The Hall–Kier alpha value is -2.42. The van der Waals surface area contributed by atoms with E-state index in [1.807, 2.05) is 32.0 Å². The van der Waals surface area contributed by atoms with Crippen molar-refractivity contribution in [1.82, 2.24) is 9.71 Å². The number of ether oxygens (including phenoxy) is 1. The number of methoxy groups -OCH3 is 1. The van der Waals surface area contributed by atoms with Crippen LogP contribution in [0.1, 0.15) is 23.7 Å². The van der Waals surface area contributed by atoms with Crippen LogP contribution in [0.5, 0.6) is 5.75 Å². The van der Waals surface area contributed by atoms with Crippen molar-refractivity contribution < 1.29 is 13.2 Å². The lowest BCUT2D eigenvalue weighted by molar-refractivity contribution is 0.414. The molecule has 0 atom stereocenters. The first-order valence-electron chi connectivity index (χ1n) is 8.79. The average molecular weight is 419 g/mol. The number of aryl methyl sites for hydroxylation is 2. The fourth-order valence-electron chi connectivity index (χ4n) is 2.79. The lowest BCUT2D eigenvalue weighted by atomic mass is 10.1. The number of rotatable bonds is 7. The predicted octanol–water partition coefficient (Wildman–Crippen LogP) is 3.46. The Kier molecular flexibility index (Phi) is 6.02. The maximum atomic E-state index is 12.7. The van der Waals surface area contributed by atoms with Crippen molar-refractivity contribution in [2.75, 3.05) is 7.11 Å². The molecule has 0 saturated heterocycles. The first-order chi connectivity index (χ1) is 13.3. The molecule has 3 rings (SSSR count). The minimum Gasteiger partial charge on any atom is -0.497 e. The summed E-state index contributed by atoms with van der Waals surface area (Å²) in [5.74, 6) is 0.720. The number of hydrogen-bond acceptors (Lipinski definition) is 5. The number of aromatic amines is 1. The van der Waals surface area contributed by atoms with Crippen molar-refractivity contribution in [3.63, 3.8) is 0 Å². The van der Waals surface area contributed by atoms with Gasteiger partial charge in [0.15, 0.2) is 0 Å². The van der Waals surface area contributed by atoms with Gasteiger partial charge >= 0.3 is 0 Å². The second-order valence-corrected chi connectivity index (χ2v) is 9.38. The molecule has 0 fully saturated rings. The molecule has 3 aromatic rings. The summed E-state index contributed by atoms with van der Waals surface area (Å²) in [6, 6.07) is 12.4. The summed E-state index contributed by atoms with van der Waals surface area (Å²) < 4.78 is 33.3. The first-order valence-corrected chi connectivity index (χ1v) is 11.1. The highest BCUT2D eigenvalue weighted by Crippen LogP contribution is 2.32. The number of hydrogen-bond donors (Lipinski definition) is 2. The standard InChI is InChI=1S/C20H22N2O4S2/c1-4-15-11-17(13(2)22-20(15)23)18-9-10-19(27-18)28(24,25)21-12-14-5-7-16(26-3)8-6-14/h5-11,21H,4,12H2,1-3H3,(H,22,23). The third-order valence-corrected chi connectivity index (χ3v) is 7.44. The molecule has 0 unspecified atom stereocenters. The zero-order valence-corrected chi connectivity index (χ0v) is 17.5. The first kappa shape index (κ1) is 20.3. The molecule has 0 bridgehead atoms. The van der Waals surface area contributed by atoms with Gasteiger partial charge in [-0.1, -0.05) is 19.1 Å². The minimum absolute atomic E-state index is 0.102. The Morgan fingerprint density at radius 2 is 1.86 bits per heavy atom. The summed E-state index contributed by atoms with van der Waals surface area (Å²) in [5, 5.41) is 0. The van der Waals surface area contributed by atoms with Crippen LogP contribution in [0.2, 0.25) is 0 Å². The van der Waals surface area contributed by atoms with Crippen LogP contribution in [0.4, 0.5) is 0 Å². The number of nitrogens with one attached hydrogen (secondary N) is 2. The molecule has 28 heavy (non-hydrogen) atoms. The molecule has 0 spiro atoms. The number of H-pyrrole nitrogens is 1. The monoisotopic (exact) mass is 418 g/mol. The second kappa shape index (κ2) is 8.30. The number of thiophene rings is 1. The molecular weight excluding hydrogens is 396 g/mol. The maximum Gasteiger partial charge on any atom is 0.251 e. The summed E-state index contributed by atoms with van der Waals surface area (Å²) in [5.41, 5.74) is 2.98. The predicted molar refractivity (Wildman–Crippen MR) is 112 cm³/mol. The SMILES string of the molecule is CCc1cc(-c2ccc(S(=O)(=O)NCc3ccc(OC)cc3)s2)c(C)[nH]c1=O. The fourth-order valence-corrected chi connectivity index (χ4v) is 5.23. The largest absolute Gasteiger partial charge is 0.497 e. The Bertz CT molecular complexity index is 1130. The fraction of sp³-hybridized carbons (Fsp3) is 0.250. The van der Waals surface area contributed by atoms with Crippen molar-refractivity contribution in [3.05, 3.63) is 69.6 Å². The molecule has 148 valence electrons. The topological polar surface area (TPSA) is 88.3 Å². The maximum absolute atomic E-state index is 12.7. The van der Waals surface area contributed by atoms with Crippen LogP contribution >= 0.6 is 11.3 Å². The van der Waals surface area contributed by atoms with Crippen molar-refractivity contribution in [2.24, 2.45) is 0 Å². The summed E-state index contributed by atoms with van der Waals surface area (Å²) in [4.78, 5) is 15.5. The van der Waals surface area contributed by atoms with Crippen molar-refractivity contribution in [2.45, 2.75) is 31.0 Å². The van der Waals surface area contributed by atoms with E-state index in [9.17, 15) is 13.2 Å². The lowest BCUT2D eigenvalue weighted by Crippen LogP contribution is -2.22.